The number of hydrogen-bond acceptors (Lipinski definition) is 3. The molecule has 0 aliphatic heterocycles. The number of aromatic nitrogens is 2. The first-order valence-electron chi connectivity index (χ1n) is 6.47. The minimum atomic E-state index is -0.477. The van der Waals surface area contributed by atoms with E-state index in [1.807, 2.05) is 20.8 Å². The Bertz CT molecular complexity index is 528. The summed E-state index contributed by atoms with van der Waals surface area (Å²) in [7, 11) is 1.56. The van der Waals surface area contributed by atoms with Gasteiger partial charge in [-0.25, -0.2) is 4.79 Å². The molecule has 1 aromatic heterocycles. The van der Waals surface area contributed by atoms with E-state index in [-0.39, 0.29) is 22.7 Å². The first-order valence-corrected chi connectivity index (χ1v) is 6.84. The molecule has 0 aliphatic rings. The van der Waals surface area contributed by atoms with Crippen LogP contribution in [0.25, 0.3) is 0 Å². The Hall–Kier alpha value is -1.07. The van der Waals surface area contributed by atoms with Gasteiger partial charge in [0.1, 0.15) is 5.15 Å². The van der Waals surface area contributed by atoms with E-state index >= 15 is 0 Å². The van der Waals surface area contributed by atoms with Crippen LogP contribution >= 0.6 is 11.6 Å². The summed E-state index contributed by atoms with van der Waals surface area (Å²) in [5.74, 6) is -0.0482. The number of nitrogens with one attached hydrogen (secondary N) is 1. The van der Waals surface area contributed by atoms with Crippen LogP contribution in [0.15, 0.2) is 9.59 Å². The zero-order chi connectivity index (χ0) is 14.6. The number of hydrogen-bond donors (Lipinski definition) is 1. The summed E-state index contributed by atoms with van der Waals surface area (Å²) >= 11 is 5.96. The molecular formula is C13H21ClN2O3. The van der Waals surface area contributed by atoms with Crippen molar-refractivity contribution in [2.45, 2.75) is 45.6 Å². The van der Waals surface area contributed by atoms with Gasteiger partial charge in [-0.1, -0.05) is 38.8 Å². The van der Waals surface area contributed by atoms with Crippen LogP contribution in [0.3, 0.4) is 0 Å². The average molecular weight is 289 g/mol. The first kappa shape index (κ1) is 16.0. The molecule has 1 unspecified atom stereocenters. The normalized spacial score (nSPS) is 12.9. The number of rotatable bonds is 6. The summed E-state index contributed by atoms with van der Waals surface area (Å²) in [4.78, 5) is 27.0. The fourth-order valence-electron chi connectivity index (χ4n) is 2.18. The zero-order valence-corrected chi connectivity index (χ0v) is 12.6. The Kier molecular flexibility index (Phi) is 5.82. The summed E-state index contributed by atoms with van der Waals surface area (Å²) in [6, 6.07) is -0.263. The van der Waals surface area contributed by atoms with Gasteiger partial charge in [0.2, 0.25) is 0 Å². The number of aromatic amines is 1. The maximum Gasteiger partial charge on any atom is 0.329 e. The molecule has 1 atom stereocenters. The molecule has 0 saturated carbocycles. The predicted octanol–water partition coefficient (Wildman–Crippen LogP) is 2.30. The molecule has 0 spiro atoms. The maximum absolute atomic E-state index is 12.4. The average Bonchev–Trinajstić information content (AvgIpc) is 2.27. The van der Waals surface area contributed by atoms with Gasteiger partial charge in [0, 0.05) is 7.11 Å². The molecule has 108 valence electrons. The second-order valence-electron chi connectivity index (χ2n) is 4.89. The van der Waals surface area contributed by atoms with Crippen molar-refractivity contribution < 1.29 is 4.74 Å². The number of ether oxygens (including phenoxy) is 1. The van der Waals surface area contributed by atoms with E-state index in [9.17, 15) is 9.59 Å². The molecule has 19 heavy (non-hydrogen) atoms. The smallest absolute Gasteiger partial charge is 0.329 e. The molecule has 1 aromatic rings. The van der Waals surface area contributed by atoms with E-state index in [1.54, 1.807) is 7.11 Å². The van der Waals surface area contributed by atoms with Gasteiger partial charge in [0.05, 0.1) is 18.2 Å². The number of H-pyrrole nitrogens is 1. The van der Waals surface area contributed by atoms with E-state index in [0.29, 0.717) is 18.6 Å². The number of methoxy groups -OCH3 is 1. The summed E-state index contributed by atoms with van der Waals surface area (Å²) in [6.45, 7) is 6.07. The Morgan fingerprint density at radius 2 is 2.00 bits per heavy atom. The fourth-order valence-corrected chi connectivity index (χ4v) is 2.56. The molecule has 0 bridgehead atoms. The Morgan fingerprint density at radius 1 is 1.37 bits per heavy atom. The summed E-state index contributed by atoms with van der Waals surface area (Å²) in [6.07, 6.45) is 1.57. The molecule has 0 aromatic carbocycles. The van der Waals surface area contributed by atoms with Gasteiger partial charge < -0.3 is 4.74 Å². The van der Waals surface area contributed by atoms with E-state index in [4.69, 9.17) is 16.3 Å². The molecule has 0 amide bonds. The van der Waals surface area contributed by atoms with Crippen molar-refractivity contribution in [3.8, 4) is 0 Å². The van der Waals surface area contributed by atoms with Crippen molar-refractivity contribution >= 4 is 11.6 Å². The van der Waals surface area contributed by atoms with Crippen molar-refractivity contribution in [1.29, 1.82) is 0 Å². The zero-order valence-electron chi connectivity index (χ0n) is 11.8. The topological polar surface area (TPSA) is 64.1 Å². The highest BCUT2D eigenvalue weighted by molar-refractivity contribution is 6.30. The van der Waals surface area contributed by atoms with Crippen LogP contribution in [-0.2, 0) is 4.74 Å². The van der Waals surface area contributed by atoms with E-state index < -0.39 is 5.69 Å². The van der Waals surface area contributed by atoms with Crippen molar-refractivity contribution in [3.63, 3.8) is 0 Å². The van der Waals surface area contributed by atoms with Gasteiger partial charge in [-0.05, 0) is 12.3 Å². The lowest BCUT2D eigenvalue weighted by atomic mass is 10.1. The quantitative estimate of drug-likeness (QED) is 0.817. The number of halogens is 1. The number of nitrogens with zero attached hydrogens (tertiary/aromatic N) is 1. The molecule has 0 fully saturated rings. The van der Waals surface area contributed by atoms with Gasteiger partial charge >= 0.3 is 5.69 Å². The van der Waals surface area contributed by atoms with Crippen molar-refractivity contribution in [2.75, 3.05) is 13.7 Å². The lowest BCUT2D eigenvalue weighted by Crippen LogP contribution is -2.41. The van der Waals surface area contributed by atoms with Gasteiger partial charge in [-0.3, -0.25) is 14.3 Å². The van der Waals surface area contributed by atoms with Gasteiger partial charge in [0.15, 0.2) is 0 Å². The van der Waals surface area contributed by atoms with Crippen LogP contribution in [-0.4, -0.2) is 23.3 Å². The Morgan fingerprint density at radius 3 is 2.47 bits per heavy atom. The molecule has 1 N–H and O–H groups in total. The van der Waals surface area contributed by atoms with E-state index in [2.05, 4.69) is 4.98 Å². The molecular weight excluding hydrogens is 268 g/mol. The van der Waals surface area contributed by atoms with Gasteiger partial charge in [0.25, 0.3) is 5.56 Å². The molecule has 1 heterocycles. The van der Waals surface area contributed by atoms with Crippen LogP contribution in [0.2, 0.25) is 5.15 Å². The molecule has 0 aliphatic carbocycles. The van der Waals surface area contributed by atoms with Crippen LogP contribution in [0.5, 0.6) is 0 Å². The van der Waals surface area contributed by atoms with Crippen molar-refractivity contribution in [2.24, 2.45) is 0 Å². The highest BCUT2D eigenvalue weighted by atomic mass is 35.5. The molecule has 5 nitrogen and oxygen atoms in total. The molecule has 0 radical (unpaired) electrons. The lowest BCUT2D eigenvalue weighted by Gasteiger charge is -2.19. The predicted molar refractivity (Wildman–Crippen MR) is 76.2 cm³/mol. The third-order valence-corrected chi connectivity index (χ3v) is 3.34. The summed E-state index contributed by atoms with van der Waals surface area (Å²) in [5.41, 5.74) is -0.354. The third kappa shape index (κ3) is 3.48. The standard InChI is InChI=1S/C13H21ClN2O3/c1-5-6-9(7-19-4)16-12(17)10(8(2)3)11(14)15-13(16)18/h8-9H,5-7H2,1-4H3,(H,15,18). The highest BCUT2D eigenvalue weighted by Gasteiger charge is 2.20. The Balaban J connectivity index is 3.45. The van der Waals surface area contributed by atoms with Gasteiger partial charge in [-0.15, -0.1) is 0 Å². The van der Waals surface area contributed by atoms with Crippen LogP contribution < -0.4 is 11.2 Å². The fraction of sp³-hybridized carbons (Fsp3) is 0.692. The summed E-state index contributed by atoms with van der Waals surface area (Å²) in [5, 5.41) is 0.133. The monoisotopic (exact) mass is 288 g/mol. The largest absolute Gasteiger partial charge is 0.383 e. The van der Waals surface area contributed by atoms with Gasteiger partial charge in [-0.2, -0.15) is 0 Å². The minimum Gasteiger partial charge on any atom is -0.383 e. The third-order valence-electron chi connectivity index (χ3n) is 3.04. The van der Waals surface area contributed by atoms with Crippen molar-refractivity contribution in [3.05, 3.63) is 31.6 Å². The molecule has 0 saturated heterocycles. The van der Waals surface area contributed by atoms with Crippen LogP contribution in [0.4, 0.5) is 0 Å². The Labute approximate surface area is 117 Å². The van der Waals surface area contributed by atoms with Crippen LogP contribution in [0.1, 0.15) is 51.1 Å². The lowest BCUT2D eigenvalue weighted by molar-refractivity contribution is 0.146. The van der Waals surface area contributed by atoms with E-state index in [0.717, 1.165) is 6.42 Å². The van der Waals surface area contributed by atoms with Crippen LogP contribution in [0, 0.1) is 0 Å². The maximum atomic E-state index is 12.4. The minimum absolute atomic E-state index is 0.0482. The molecule has 1 rings (SSSR count). The van der Waals surface area contributed by atoms with E-state index in [1.165, 1.54) is 4.57 Å². The second-order valence-corrected chi connectivity index (χ2v) is 5.26. The highest BCUT2D eigenvalue weighted by Crippen LogP contribution is 2.18. The summed E-state index contributed by atoms with van der Waals surface area (Å²) < 4.78 is 6.34. The van der Waals surface area contributed by atoms with Crippen molar-refractivity contribution in [1.82, 2.24) is 9.55 Å². The first-order chi connectivity index (χ1) is 8.93. The molecule has 6 heteroatoms. The SMILES string of the molecule is CCCC(COC)n1c(=O)[nH]c(Cl)c(C(C)C)c1=O. The second kappa shape index (κ2) is 6.91.